The van der Waals surface area contributed by atoms with E-state index in [4.69, 9.17) is 4.74 Å². The molecule has 2 aromatic rings. The van der Waals surface area contributed by atoms with E-state index in [1.54, 1.807) is 13.0 Å². The maximum absolute atomic E-state index is 12.7. The highest BCUT2D eigenvalue weighted by Gasteiger charge is 2.25. The third-order valence-electron chi connectivity index (χ3n) is 4.76. The van der Waals surface area contributed by atoms with Crippen LogP contribution in [0.3, 0.4) is 0 Å². The van der Waals surface area contributed by atoms with Crippen LogP contribution in [0.1, 0.15) is 64.0 Å². The lowest BCUT2D eigenvalue weighted by atomic mass is 10.1. The Balaban J connectivity index is 0.00000280. The molecule has 28 heavy (non-hydrogen) atoms. The van der Waals surface area contributed by atoms with Crippen molar-refractivity contribution in [2.45, 2.75) is 46.1 Å². The Morgan fingerprint density at radius 3 is 2.86 bits per heavy atom. The van der Waals surface area contributed by atoms with E-state index >= 15 is 0 Å². The molecule has 1 amide bonds. The monoisotopic (exact) mass is 426 g/mol. The molecule has 7 nitrogen and oxygen atoms in total. The van der Waals surface area contributed by atoms with Crippen molar-refractivity contribution in [1.29, 1.82) is 0 Å². The summed E-state index contributed by atoms with van der Waals surface area (Å²) in [5.74, 6) is -0.709. The Labute approximate surface area is 175 Å². The van der Waals surface area contributed by atoms with Crippen molar-refractivity contribution < 1.29 is 14.3 Å². The molecule has 0 saturated carbocycles. The lowest BCUT2D eigenvalue weighted by molar-refractivity contribution is 0.0527. The van der Waals surface area contributed by atoms with Crippen molar-refractivity contribution in [2.24, 2.45) is 0 Å². The molecule has 154 valence electrons. The smallest absolute Gasteiger partial charge is 0.341 e. The summed E-state index contributed by atoms with van der Waals surface area (Å²) in [5, 5.41) is 11.2. The molecule has 9 heteroatoms. The average Bonchev–Trinajstić information content (AvgIpc) is 3.27. The van der Waals surface area contributed by atoms with E-state index in [9.17, 15) is 9.59 Å². The molecular weight excluding hydrogens is 400 g/mol. The zero-order chi connectivity index (χ0) is 19.4. The van der Waals surface area contributed by atoms with Gasteiger partial charge < -0.3 is 15.4 Å². The van der Waals surface area contributed by atoms with Gasteiger partial charge in [0.1, 0.15) is 5.00 Å². The van der Waals surface area contributed by atoms with E-state index in [0.29, 0.717) is 29.3 Å². The first-order valence-corrected chi connectivity index (χ1v) is 10.2. The van der Waals surface area contributed by atoms with Crippen LogP contribution in [0.25, 0.3) is 0 Å². The number of rotatable bonds is 6. The number of nitrogens with one attached hydrogen (secondary N) is 2. The summed E-state index contributed by atoms with van der Waals surface area (Å²) in [5.41, 5.74) is 1.73. The molecule has 0 bridgehead atoms. The maximum Gasteiger partial charge on any atom is 0.341 e. The Morgan fingerprint density at radius 2 is 2.21 bits per heavy atom. The molecule has 1 aliphatic heterocycles. The Morgan fingerprint density at radius 1 is 1.43 bits per heavy atom. The fraction of sp³-hybridized carbons (Fsp3) is 0.526. The molecule has 1 unspecified atom stereocenters. The highest BCUT2D eigenvalue weighted by molar-refractivity contribution is 7.16. The van der Waals surface area contributed by atoms with Crippen LogP contribution in [-0.4, -0.2) is 41.4 Å². The van der Waals surface area contributed by atoms with Crippen LogP contribution in [0.2, 0.25) is 0 Å². The minimum atomic E-state index is -0.396. The third-order valence-corrected chi connectivity index (χ3v) is 5.82. The van der Waals surface area contributed by atoms with Gasteiger partial charge in [-0.3, -0.25) is 9.48 Å². The molecule has 3 heterocycles. The molecule has 0 aliphatic carbocycles. The van der Waals surface area contributed by atoms with Crippen molar-refractivity contribution in [3.05, 3.63) is 34.0 Å². The second-order valence-electron chi connectivity index (χ2n) is 6.55. The van der Waals surface area contributed by atoms with Gasteiger partial charge in [0, 0.05) is 17.6 Å². The SMILES string of the molecule is CCOC(=O)c1c(NC(=O)c2ccn(C3CCCNC3)n2)sc(C)c1CC.Cl. The number of hydrogen-bond donors (Lipinski definition) is 2. The van der Waals surface area contributed by atoms with E-state index in [1.807, 2.05) is 24.7 Å². The lowest BCUT2D eigenvalue weighted by Crippen LogP contribution is -2.32. The second-order valence-corrected chi connectivity index (χ2v) is 7.77. The first-order chi connectivity index (χ1) is 13.0. The van der Waals surface area contributed by atoms with Crippen LogP contribution in [0, 0.1) is 6.92 Å². The Bertz CT molecular complexity index is 827. The Kier molecular flexibility index (Phi) is 8.03. The van der Waals surface area contributed by atoms with Gasteiger partial charge in [0.25, 0.3) is 5.91 Å². The van der Waals surface area contributed by atoms with Gasteiger partial charge in [-0.1, -0.05) is 6.92 Å². The first-order valence-electron chi connectivity index (χ1n) is 9.41. The van der Waals surface area contributed by atoms with Crippen molar-refractivity contribution >= 4 is 40.6 Å². The molecule has 3 rings (SSSR count). The molecule has 1 fully saturated rings. The maximum atomic E-state index is 12.7. The van der Waals surface area contributed by atoms with Gasteiger partial charge in [-0.15, -0.1) is 23.7 Å². The molecule has 0 spiro atoms. The number of halogens is 1. The van der Waals surface area contributed by atoms with E-state index in [2.05, 4.69) is 15.7 Å². The fourth-order valence-electron chi connectivity index (χ4n) is 3.40. The zero-order valence-electron chi connectivity index (χ0n) is 16.4. The normalized spacial score (nSPS) is 16.3. The standard InChI is InChI=1S/C19H26N4O3S.ClH/c1-4-14-12(3)27-18(16(14)19(25)26-5-2)21-17(24)15-8-10-23(22-15)13-7-6-9-20-11-13;/h8,10,13,20H,4-7,9,11H2,1-3H3,(H,21,24);1H. The summed E-state index contributed by atoms with van der Waals surface area (Å²) >= 11 is 1.40. The summed E-state index contributed by atoms with van der Waals surface area (Å²) in [6.45, 7) is 7.90. The molecule has 0 radical (unpaired) electrons. The predicted molar refractivity (Wildman–Crippen MR) is 113 cm³/mol. The van der Waals surface area contributed by atoms with Crippen molar-refractivity contribution in [2.75, 3.05) is 25.0 Å². The van der Waals surface area contributed by atoms with Crippen LogP contribution >= 0.6 is 23.7 Å². The van der Waals surface area contributed by atoms with Crippen LogP contribution in [-0.2, 0) is 11.2 Å². The van der Waals surface area contributed by atoms with Crippen molar-refractivity contribution in [3.8, 4) is 0 Å². The van der Waals surface area contributed by atoms with E-state index < -0.39 is 5.97 Å². The van der Waals surface area contributed by atoms with Crippen LogP contribution in [0.5, 0.6) is 0 Å². The molecule has 1 atom stereocenters. The second kappa shape index (κ2) is 10.0. The topological polar surface area (TPSA) is 85.2 Å². The summed E-state index contributed by atoms with van der Waals surface area (Å²) in [7, 11) is 0. The fourth-order valence-corrected chi connectivity index (χ4v) is 4.53. The van der Waals surface area contributed by atoms with E-state index in [-0.39, 0.29) is 24.4 Å². The van der Waals surface area contributed by atoms with E-state index in [0.717, 1.165) is 36.4 Å². The van der Waals surface area contributed by atoms with Crippen molar-refractivity contribution in [1.82, 2.24) is 15.1 Å². The minimum Gasteiger partial charge on any atom is -0.462 e. The zero-order valence-corrected chi connectivity index (χ0v) is 18.0. The number of hydrogen-bond acceptors (Lipinski definition) is 6. The van der Waals surface area contributed by atoms with Crippen LogP contribution < -0.4 is 10.6 Å². The number of anilines is 1. The highest BCUT2D eigenvalue weighted by Crippen LogP contribution is 2.34. The average molecular weight is 427 g/mol. The largest absolute Gasteiger partial charge is 0.462 e. The first kappa shape index (κ1) is 22.4. The number of carbonyl (C=O) groups is 2. The predicted octanol–water partition coefficient (Wildman–Crippen LogP) is 3.59. The van der Waals surface area contributed by atoms with Crippen molar-refractivity contribution in [3.63, 3.8) is 0 Å². The number of aryl methyl sites for hydroxylation is 1. The summed E-state index contributed by atoms with van der Waals surface area (Å²) in [6, 6.07) is 1.99. The van der Waals surface area contributed by atoms with Gasteiger partial charge >= 0.3 is 5.97 Å². The quantitative estimate of drug-likeness (QED) is 0.689. The van der Waals surface area contributed by atoms with Gasteiger partial charge in [0.15, 0.2) is 5.69 Å². The highest BCUT2D eigenvalue weighted by atomic mass is 35.5. The molecule has 2 aromatic heterocycles. The number of ether oxygens (including phenoxy) is 1. The summed E-state index contributed by atoms with van der Waals surface area (Å²) in [4.78, 5) is 26.1. The van der Waals surface area contributed by atoms with Gasteiger partial charge in [-0.25, -0.2) is 4.79 Å². The van der Waals surface area contributed by atoms with Gasteiger partial charge in [0.05, 0.1) is 18.2 Å². The van der Waals surface area contributed by atoms with Gasteiger partial charge in [0.2, 0.25) is 0 Å². The van der Waals surface area contributed by atoms with Gasteiger partial charge in [-0.05, 0) is 51.3 Å². The molecule has 1 saturated heterocycles. The molecular formula is C19H27ClN4O3S. The van der Waals surface area contributed by atoms with E-state index in [1.165, 1.54) is 11.3 Å². The van der Waals surface area contributed by atoms with Gasteiger partial charge in [-0.2, -0.15) is 5.10 Å². The summed E-state index contributed by atoms with van der Waals surface area (Å²) in [6.07, 6.45) is 4.70. The molecule has 2 N–H and O–H groups in total. The third kappa shape index (κ3) is 4.74. The number of carbonyl (C=O) groups excluding carboxylic acids is 2. The molecule has 1 aliphatic rings. The Hall–Kier alpha value is -1.90. The summed E-state index contributed by atoms with van der Waals surface area (Å²) < 4.78 is 7.04. The minimum absolute atomic E-state index is 0. The number of aromatic nitrogens is 2. The number of nitrogens with zero attached hydrogens (tertiary/aromatic N) is 2. The lowest BCUT2D eigenvalue weighted by Gasteiger charge is -2.22. The number of esters is 1. The number of amides is 1. The number of thiophene rings is 1. The van der Waals surface area contributed by atoms with Crippen LogP contribution in [0.4, 0.5) is 5.00 Å². The molecule has 0 aromatic carbocycles. The van der Waals surface area contributed by atoms with Crippen LogP contribution in [0.15, 0.2) is 12.3 Å². The number of piperidine rings is 1.